The number of ether oxygens (including phenoxy) is 1. The van der Waals surface area contributed by atoms with Crippen LogP contribution in [0.3, 0.4) is 0 Å². The molecule has 0 spiro atoms. The van der Waals surface area contributed by atoms with Gasteiger partial charge in [0.25, 0.3) is 0 Å². The summed E-state index contributed by atoms with van der Waals surface area (Å²) < 4.78 is 4.71. The zero-order valence-electron chi connectivity index (χ0n) is 13.3. The highest BCUT2D eigenvalue weighted by Crippen LogP contribution is 2.27. The van der Waals surface area contributed by atoms with Crippen LogP contribution in [0.1, 0.15) is 45.4 Å². The fourth-order valence-corrected chi connectivity index (χ4v) is 3.27. The molecule has 1 aliphatic carbocycles. The first-order valence-corrected chi connectivity index (χ1v) is 8.14. The zero-order valence-corrected chi connectivity index (χ0v) is 13.3. The van der Waals surface area contributed by atoms with Crippen LogP contribution in [0.15, 0.2) is 0 Å². The third-order valence-corrected chi connectivity index (χ3v) is 4.89. The summed E-state index contributed by atoms with van der Waals surface area (Å²) in [5, 5.41) is 3.63. The number of hydrogen-bond donors (Lipinski definition) is 1. The van der Waals surface area contributed by atoms with Crippen LogP contribution in [0, 0.1) is 11.8 Å². The van der Waals surface area contributed by atoms with Crippen LogP contribution >= 0.6 is 0 Å². The van der Waals surface area contributed by atoms with Crippen LogP contribution in [0.25, 0.3) is 0 Å². The molecule has 1 aliphatic heterocycles. The van der Waals surface area contributed by atoms with E-state index in [1.807, 2.05) is 4.90 Å². The summed E-state index contributed by atoms with van der Waals surface area (Å²) in [6.45, 7) is 4.27. The van der Waals surface area contributed by atoms with Crippen molar-refractivity contribution >= 4 is 11.9 Å². The van der Waals surface area contributed by atoms with Crippen LogP contribution in [0.4, 0.5) is 0 Å². The van der Waals surface area contributed by atoms with Crippen molar-refractivity contribution in [3.05, 3.63) is 0 Å². The van der Waals surface area contributed by atoms with Crippen LogP contribution in [-0.4, -0.2) is 49.6 Å². The van der Waals surface area contributed by atoms with E-state index in [0.29, 0.717) is 18.4 Å². The highest BCUT2D eigenvalue weighted by Gasteiger charge is 2.29. The normalized spacial score (nSPS) is 26.3. The van der Waals surface area contributed by atoms with E-state index in [0.717, 1.165) is 38.4 Å². The maximum Gasteiger partial charge on any atom is 0.305 e. The number of likely N-dealkylation sites (tertiary alicyclic amines) is 1. The molecule has 2 rings (SSSR count). The Labute approximate surface area is 127 Å². The zero-order chi connectivity index (χ0) is 15.2. The van der Waals surface area contributed by atoms with Gasteiger partial charge in [-0.2, -0.15) is 0 Å². The van der Waals surface area contributed by atoms with Gasteiger partial charge in [-0.1, -0.05) is 6.42 Å². The molecule has 2 fully saturated rings. The Balaban J connectivity index is 1.81. The Bertz CT molecular complexity index is 369. The first kappa shape index (κ1) is 16.3. The topological polar surface area (TPSA) is 58.6 Å². The Morgan fingerprint density at radius 1 is 1.24 bits per heavy atom. The van der Waals surface area contributed by atoms with Crippen molar-refractivity contribution in [2.75, 3.05) is 26.7 Å². The van der Waals surface area contributed by atoms with Gasteiger partial charge in [0.2, 0.25) is 5.91 Å². The van der Waals surface area contributed by atoms with Crippen molar-refractivity contribution in [2.45, 2.75) is 51.5 Å². The van der Waals surface area contributed by atoms with Gasteiger partial charge in [-0.3, -0.25) is 9.59 Å². The monoisotopic (exact) mass is 296 g/mol. The number of nitrogens with one attached hydrogen (secondary N) is 1. The van der Waals surface area contributed by atoms with Gasteiger partial charge >= 0.3 is 5.97 Å². The highest BCUT2D eigenvalue weighted by molar-refractivity contribution is 5.73. The highest BCUT2D eigenvalue weighted by atomic mass is 16.5. The molecular formula is C16H28N2O3. The van der Waals surface area contributed by atoms with Gasteiger partial charge in [-0.15, -0.1) is 0 Å². The Morgan fingerprint density at radius 2 is 2.00 bits per heavy atom. The largest absolute Gasteiger partial charge is 0.469 e. The van der Waals surface area contributed by atoms with E-state index in [2.05, 4.69) is 5.32 Å². The second-order valence-electron chi connectivity index (χ2n) is 6.54. The van der Waals surface area contributed by atoms with Crippen molar-refractivity contribution in [1.29, 1.82) is 0 Å². The summed E-state index contributed by atoms with van der Waals surface area (Å²) in [5.41, 5.74) is 0. The number of esters is 1. The van der Waals surface area contributed by atoms with Gasteiger partial charge < -0.3 is 15.0 Å². The number of carbonyl (C=O) groups is 2. The van der Waals surface area contributed by atoms with Crippen LogP contribution < -0.4 is 5.32 Å². The molecule has 1 N–H and O–H groups in total. The summed E-state index contributed by atoms with van der Waals surface area (Å²) in [4.78, 5) is 24.9. The van der Waals surface area contributed by atoms with Gasteiger partial charge in [0.1, 0.15) is 0 Å². The van der Waals surface area contributed by atoms with Gasteiger partial charge in [0.15, 0.2) is 0 Å². The molecule has 0 aromatic carbocycles. The maximum atomic E-state index is 11.7. The van der Waals surface area contributed by atoms with Crippen LogP contribution in [0.2, 0.25) is 0 Å². The number of amides is 1. The van der Waals surface area contributed by atoms with E-state index in [-0.39, 0.29) is 11.9 Å². The van der Waals surface area contributed by atoms with Crippen LogP contribution in [0.5, 0.6) is 0 Å². The van der Waals surface area contributed by atoms with E-state index < -0.39 is 0 Å². The van der Waals surface area contributed by atoms with Crippen LogP contribution in [-0.2, 0) is 14.3 Å². The SMILES string of the molecule is COC(=O)CCC1CC(NCC2CCC2)CN(C(C)=O)C1. The molecule has 2 aliphatic rings. The van der Waals surface area contributed by atoms with E-state index in [1.54, 1.807) is 6.92 Å². The van der Waals surface area contributed by atoms with Crippen molar-refractivity contribution in [3.63, 3.8) is 0 Å². The third kappa shape index (κ3) is 4.99. The molecule has 2 unspecified atom stereocenters. The average molecular weight is 296 g/mol. The summed E-state index contributed by atoms with van der Waals surface area (Å²) in [6.07, 6.45) is 6.33. The summed E-state index contributed by atoms with van der Waals surface area (Å²) in [5.74, 6) is 1.19. The fourth-order valence-electron chi connectivity index (χ4n) is 3.27. The minimum absolute atomic E-state index is 0.133. The van der Waals surface area contributed by atoms with Gasteiger partial charge in [0, 0.05) is 32.5 Å². The summed E-state index contributed by atoms with van der Waals surface area (Å²) >= 11 is 0. The minimum atomic E-state index is -0.158. The molecule has 2 atom stereocenters. The predicted molar refractivity (Wildman–Crippen MR) is 80.7 cm³/mol. The molecule has 0 radical (unpaired) electrons. The molecule has 1 heterocycles. The third-order valence-electron chi connectivity index (χ3n) is 4.89. The number of nitrogens with zero attached hydrogens (tertiary/aromatic N) is 1. The molecule has 120 valence electrons. The molecule has 0 aromatic heterocycles. The molecule has 1 amide bonds. The molecule has 5 heteroatoms. The van der Waals surface area contributed by atoms with Gasteiger partial charge in [0.05, 0.1) is 7.11 Å². The Kier molecular flexibility index (Phi) is 6.03. The molecule has 1 saturated carbocycles. The standard InChI is InChI=1S/C16H28N2O3/c1-12(19)18-10-14(6-7-16(20)21-2)8-15(11-18)17-9-13-4-3-5-13/h13-15,17H,3-11H2,1-2H3. The lowest BCUT2D eigenvalue weighted by atomic mass is 9.84. The lowest BCUT2D eigenvalue weighted by Crippen LogP contribution is -2.51. The van der Waals surface area contributed by atoms with Crippen molar-refractivity contribution in [3.8, 4) is 0 Å². The van der Waals surface area contributed by atoms with E-state index in [1.165, 1.54) is 26.4 Å². The van der Waals surface area contributed by atoms with Crippen molar-refractivity contribution < 1.29 is 14.3 Å². The average Bonchev–Trinajstić information content (AvgIpc) is 2.42. The number of piperidine rings is 1. The smallest absolute Gasteiger partial charge is 0.305 e. The first-order chi connectivity index (χ1) is 10.1. The maximum absolute atomic E-state index is 11.7. The quantitative estimate of drug-likeness (QED) is 0.756. The number of methoxy groups -OCH3 is 1. The van der Waals surface area contributed by atoms with E-state index in [4.69, 9.17) is 4.74 Å². The second-order valence-corrected chi connectivity index (χ2v) is 6.54. The predicted octanol–water partition coefficient (Wildman–Crippen LogP) is 1.57. The Morgan fingerprint density at radius 3 is 2.57 bits per heavy atom. The van der Waals surface area contributed by atoms with Crippen molar-refractivity contribution in [2.24, 2.45) is 11.8 Å². The molecule has 1 saturated heterocycles. The van der Waals surface area contributed by atoms with Gasteiger partial charge in [-0.05, 0) is 44.1 Å². The second kappa shape index (κ2) is 7.78. The number of hydrogen-bond acceptors (Lipinski definition) is 4. The Hall–Kier alpha value is -1.10. The summed E-state index contributed by atoms with van der Waals surface area (Å²) in [7, 11) is 1.42. The van der Waals surface area contributed by atoms with Crippen molar-refractivity contribution in [1.82, 2.24) is 10.2 Å². The molecule has 5 nitrogen and oxygen atoms in total. The minimum Gasteiger partial charge on any atom is -0.469 e. The summed E-state index contributed by atoms with van der Waals surface area (Å²) in [6, 6.07) is 0.367. The molecule has 0 bridgehead atoms. The lowest BCUT2D eigenvalue weighted by molar-refractivity contribution is -0.141. The van der Waals surface area contributed by atoms with Gasteiger partial charge in [-0.25, -0.2) is 0 Å². The number of rotatable bonds is 6. The van der Waals surface area contributed by atoms with E-state index >= 15 is 0 Å². The lowest BCUT2D eigenvalue weighted by Gasteiger charge is -2.39. The first-order valence-electron chi connectivity index (χ1n) is 8.14. The molecular weight excluding hydrogens is 268 g/mol. The van der Waals surface area contributed by atoms with E-state index in [9.17, 15) is 9.59 Å². The number of carbonyl (C=O) groups excluding carboxylic acids is 2. The molecule has 0 aromatic rings. The fraction of sp³-hybridized carbons (Fsp3) is 0.875. The molecule has 21 heavy (non-hydrogen) atoms.